The van der Waals surface area contributed by atoms with Gasteiger partial charge in [-0.05, 0) is 11.8 Å². The van der Waals surface area contributed by atoms with Gasteiger partial charge in [0.1, 0.15) is 41.9 Å². The first kappa shape index (κ1) is 29.8. The van der Waals surface area contributed by atoms with Crippen molar-refractivity contribution in [2.24, 2.45) is 0 Å². The minimum Gasteiger partial charge on any atom is -0.396 e. The number of imidazole rings is 2. The second-order valence-corrected chi connectivity index (χ2v) is 12.8. The fourth-order valence-corrected chi connectivity index (χ4v) is 6.52. The molecule has 0 radical (unpaired) electrons. The molecule has 4 aromatic heterocycles. The zero-order valence-corrected chi connectivity index (χ0v) is 23.7. The molecule has 0 saturated carbocycles. The number of rotatable bonds is 9. The summed E-state index contributed by atoms with van der Waals surface area (Å²) in [5.74, 6) is -0.0916. The largest absolute Gasteiger partial charge is 0.396 e. The fraction of sp³-hybridized carbons (Fsp3) is 0.524. The number of aliphatic hydroxyl groups is 4. The molecular formula is C21H27N10O10PS. The predicted molar refractivity (Wildman–Crippen MR) is 147 cm³/mol. The van der Waals surface area contributed by atoms with Crippen LogP contribution in [0.25, 0.3) is 22.3 Å². The summed E-state index contributed by atoms with van der Waals surface area (Å²) in [5, 5.41) is 42.2. The zero-order valence-electron chi connectivity index (χ0n) is 21.9. The highest BCUT2D eigenvalue weighted by Crippen LogP contribution is 2.52. The number of nitrogens with zero attached hydrogens (tertiary/aromatic N) is 7. The third kappa shape index (κ3) is 5.27. The van der Waals surface area contributed by atoms with Crippen LogP contribution in [-0.2, 0) is 30.3 Å². The Hall–Kier alpha value is -3.21. The lowest BCUT2D eigenvalue weighted by Gasteiger charge is -2.32. The number of aromatic amines is 1. The molecule has 5 unspecified atom stereocenters. The number of hydrogen-bond donors (Lipinski definition) is 8. The summed E-state index contributed by atoms with van der Waals surface area (Å²) in [7, 11) is 0. The van der Waals surface area contributed by atoms with Gasteiger partial charge in [-0.25, -0.2) is 19.9 Å². The molecule has 2 fully saturated rings. The van der Waals surface area contributed by atoms with E-state index < -0.39 is 68.0 Å². The lowest BCUT2D eigenvalue weighted by Crippen LogP contribution is -2.45. The number of H-pyrrole nitrogens is 1. The van der Waals surface area contributed by atoms with Gasteiger partial charge in [-0.1, -0.05) is 0 Å². The Morgan fingerprint density at radius 3 is 2.58 bits per heavy atom. The van der Waals surface area contributed by atoms with Crippen LogP contribution in [0.2, 0.25) is 0 Å². The number of ether oxygens (including phenoxy) is 2. The predicted octanol–water partition coefficient (Wildman–Crippen LogP) is -3.00. The molecule has 0 bridgehead atoms. The normalized spacial score (nSPS) is 30.8. The molecule has 0 amide bonds. The van der Waals surface area contributed by atoms with E-state index in [0.717, 1.165) is 0 Å². The van der Waals surface area contributed by atoms with Gasteiger partial charge in [0.05, 0.1) is 25.9 Å². The van der Waals surface area contributed by atoms with E-state index >= 15 is 0 Å². The van der Waals surface area contributed by atoms with Crippen LogP contribution < -0.4 is 17.0 Å². The summed E-state index contributed by atoms with van der Waals surface area (Å²) >= 11 is 5.21. The van der Waals surface area contributed by atoms with Crippen LogP contribution in [0.4, 0.5) is 11.8 Å². The van der Waals surface area contributed by atoms with Gasteiger partial charge in [0.2, 0.25) is 5.95 Å². The molecule has 0 aliphatic carbocycles. The van der Waals surface area contributed by atoms with Crippen molar-refractivity contribution in [1.82, 2.24) is 39.0 Å². The van der Waals surface area contributed by atoms with E-state index in [9.17, 15) is 30.1 Å². The quantitative estimate of drug-likeness (QED) is 0.0844. The summed E-state index contributed by atoms with van der Waals surface area (Å²) in [6, 6.07) is 0. The molecule has 10 N–H and O–H groups in total. The van der Waals surface area contributed by atoms with Crippen LogP contribution in [0.3, 0.4) is 0 Å². The second-order valence-electron chi connectivity index (χ2n) is 9.97. The topological polar surface area (TPSA) is 297 Å². The number of nitrogens with one attached hydrogen (secondary N) is 1. The highest BCUT2D eigenvalue weighted by atomic mass is 32.5. The summed E-state index contributed by atoms with van der Waals surface area (Å²) in [6.07, 6.45) is -4.49. The third-order valence-electron chi connectivity index (χ3n) is 7.21. The molecule has 0 aromatic carbocycles. The fourth-order valence-electron chi connectivity index (χ4n) is 5.07. The Labute approximate surface area is 245 Å². The number of fused-ring (bicyclic) bond motifs is 2. The third-order valence-corrected chi connectivity index (χ3v) is 8.75. The Bertz CT molecular complexity index is 1770. The number of hydrogen-bond acceptors (Lipinski definition) is 17. The highest BCUT2D eigenvalue weighted by molar-refractivity contribution is 8.07. The van der Waals surface area contributed by atoms with Crippen LogP contribution >= 0.6 is 6.72 Å². The number of anilines is 2. The molecule has 43 heavy (non-hydrogen) atoms. The summed E-state index contributed by atoms with van der Waals surface area (Å²) in [6.45, 7) is -5.62. The second kappa shape index (κ2) is 11.1. The maximum atomic E-state index is 12.3. The molecule has 2 saturated heterocycles. The van der Waals surface area contributed by atoms with E-state index in [1.807, 2.05) is 0 Å². The number of nitrogen functional groups attached to an aromatic ring is 2. The smallest absolute Gasteiger partial charge is 0.325 e. The number of aromatic nitrogens is 8. The summed E-state index contributed by atoms with van der Waals surface area (Å²) in [4.78, 5) is 45.8. The number of nitrogens with two attached hydrogens (primary N) is 2. The minimum absolute atomic E-state index is 0.00168. The molecule has 2 aliphatic rings. The van der Waals surface area contributed by atoms with Crippen molar-refractivity contribution in [2.75, 3.05) is 31.3 Å². The maximum Gasteiger partial charge on any atom is 0.325 e. The van der Waals surface area contributed by atoms with Crippen LogP contribution in [0, 0.1) is 0 Å². The average molecular weight is 643 g/mol. The van der Waals surface area contributed by atoms with Crippen molar-refractivity contribution in [3.8, 4) is 0 Å². The highest BCUT2D eigenvalue weighted by Gasteiger charge is 2.53. The standard InChI is InChI=1S/C21H27N10O10PS/c22-14-9-15(25-5-24-14)30(6-26-9)18-12(34)11(33)8(40-18)3-39-42(37,43)41-13-19(38-4-21(13,36)1-2-32)31-7-27-10-16(31)28-20(23)29-17(10)35/h5-8,11-13,18-19,32-34,36H,1-4H2,(H,37,43)(H2,22,24,25)(H3,23,28,29,35)/t8-,11?,12?,13?,18-,19-,21?,42?/m1/s1. The van der Waals surface area contributed by atoms with Crippen LogP contribution in [0.15, 0.2) is 23.8 Å². The molecule has 8 atom stereocenters. The van der Waals surface area contributed by atoms with Gasteiger partial charge in [-0.3, -0.25) is 23.4 Å². The Morgan fingerprint density at radius 2 is 1.84 bits per heavy atom. The molecule has 6 heterocycles. The van der Waals surface area contributed by atoms with Crippen molar-refractivity contribution >= 4 is 52.6 Å². The van der Waals surface area contributed by atoms with Crippen LogP contribution in [0.1, 0.15) is 18.9 Å². The maximum absolute atomic E-state index is 12.3. The van der Waals surface area contributed by atoms with Gasteiger partial charge in [-0.2, -0.15) is 4.98 Å². The van der Waals surface area contributed by atoms with E-state index in [1.165, 1.54) is 28.1 Å². The lowest BCUT2D eigenvalue weighted by molar-refractivity contribution is -0.0726. The van der Waals surface area contributed by atoms with E-state index in [-0.39, 0.29) is 47.1 Å². The Morgan fingerprint density at radius 1 is 1.12 bits per heavy atom. The molecule has 0 spiro atoms. The van der Waals surface area contributed by atoms with Crippen LogP contribution in [-0.4, -0.2) is 114 Å². The molecule has 4 aromatic rings. The van der Waals surface area contributed by atoms with Crippen molar-refractivity contribution < 1.29 is 43.8 Å². The van der Waals surface area contributed by atoms with Crippen molar-refractivity contribution in [3.05, 3.63) is 29.3 Å². The van der Waals surface area contributed by atoms with Gasteiger partial charge in [0, 0.05) is 13.0 Å². The van der Waals surface area contributed by atoms with E-state index in [0.29, 0.717) is 0 Å². The van der Waals surface area contributed by atoms with Crippen molar-refractivity contribution in [2.45, 2.75) is 48.9 Å². The molecule has 232 valence electrons. The monoisotopic (exact) mass is 642 g/mol. The number of aliphatic hydroxyl groups excluding tert-OH is 3. The molecule has 22 heteroatoms. The first-order valence-electron chi connectivity index (χ1n) is 12.7. The van der Waals surface area contributed by atoms with Gasteiger partial charge in [0.25, 0.3) is 5.56 Å². The van der Waals surface area contributed by atoms with E-state index in [1.54, 1.807) is 0 Å². The molecule has 2 aliphatic heterocycles. The Kier molecular flexibility index (Phi) is 7.67. The first-order valence-corrected chi connectivity index (χ1v) is 15.3. The summed E-state index contributed by atoms with van der Waals surface area (Å²) < 4.78 is 25.4. The van der Waals surface area contributed by atoms with Gasteiger partial charge in [0.15, 0.2) is 35.1 Å². The van der Waals surface area contributed by atoms with E-state index in [4.69, 9.17) is 41.8 Å². The van der Waals surface area contributed by atoms with Gasteiger partial charge >= 0.3 is 6.72 Å². The lowest BCUT2D eigenvalue weighted by atomic mass is 9.95. The van der Waals surface area contributed by atoms with Gasteiger partial charge in [-0.15, -0.1) is 0 Å². The molecule has 6 rings (SSSR count). The first-order chi connectivity index (χ1) is 20.4. The average Bonchev–Trinajstić information content (AvgIpc) is 3.70. The Balaban J connectivity index is 1.21. The molecule has 20 nitrogen and oxygen atoms in total. The van der Waals surface area contributed by atoms with Gasteiger partial charge < -0.3 is 50.8 Å². The van der Waals surface area contributed by atoms with Crippen LogP contribution in [0.5, 0.6) is 0 Å². The SMILES string of the molecule is Nc1nc2c(ncn2[C@@H]2OCC(O)(CCO)C2OP(O)(=S)OC[C@H]2O[C@@H](n3cnc4c(N)ncnc43)C(O)C2O)c(=O)[nH]1. The summed E-state index contributed by atoms with van der Waals surface area (Å²) in [5.41, 5.74) is 9.47. The molecular weight excluding hydrogens is 615 g/mol. The zero-order chi connectivity index (χ0) is 30.7. The van der Waals surface area contributed by atoms with Crippen molar-refractivity contribution in [3.63, 3.8) is 0 Å². The minimum atomic E-state index is -4.25. The van der Waals surface area contributed by atoms with Crippen molar-refractivity contribution in [1.29, 1.82) is 0 Å². The van der Waals surface area contributed by atoms with E-state index in [2.05, 4.69) is 29.9 Å².